The smallest absolute Gasteiger partial charge is 0.251 e. The number of amidine groups is 1. The Hall–Kier alpha value is -3.64. The van der Waals surface area contributed by atoms with E-state index in [9.17, 15) is 4.79 Å². The average Bonchev–Trinajstić information content (AvgIpc) is 3.30. The summed E-state index contributed by atoms with van der Waals surface area (Å²) in [5.41, 5.74) is 4.56. The van der Waals surface area contributed by atoms with Crippen LogP contribution in [-0.4, -0.2) is 34.1 Å². The van der Waals surface area contributed by atoms with Crippen LogP contribution in [0.15, 0.2) is 78.9 Å². The Bertz CT molecular complexity index is 1190. The lowest BCUT2D eigenvalue weighted by Gasteiger charge is -2.17. The molecule has 1 unspecified atom stereocenters. The Balaban J connectivity index is 1.48. The standard InChI is InChI=1S/C26H26ClN5O/c27-17-24(28)29-16-6-11-23(25-30-21-9-4-5-10-22(21)31-25)32-26(33)20-14-12-19(13-15-20)18-7-2-1-3-8-18/h1-5,7-10,12-15,23H,6,11,16-17H2,(H2,28,29)(H,30,31)(H,32,33). The Morgan fingerprint density at radius 2 is 1.67 bits per heavy atom. The van der Waals surface area contributed by atoms with E-state index in [-0.39, 0.29) is 17.8 Å². The number of para-hydroxylation sites is 2. The van der Waals surface area contributed by atoms with Gasteiger partial charge in [0.15, 0.2) is 0 Å². The predicted molar refractivity (Wildman–Crippen MR) is 134 cm³/mol. The van der Waals surface area contributed by atoms with E-state index in [1.165, 1.54) is 0 Å². The summed E-state index contributed by atoms with van der Waals surface area (Å²) in [5.74, 6) is 1.02. The van der Waals surface area contributed by atoms with Gasteiger partial charge >= 0.3 is 0 Å². The molecule has 1 heterocycles. The number of nitrogens with one attached hydrogen (secondary N) is 4. The number of carbonyl (C=O) groups excluding carboxylic acids is 1. The lowest BCUT2D eigenvalue weighted by Crippen LogP contribution is -2.31. The number of aromatic nitrogens is 2. The first kappa shape index (κ1) is 22.6. The molecule has 6 nitrogen and oxygen atoms in total. The molecular weight excluding hydrogens is 434 g/mol. The van der Waals surface area contributed by atoms with Gasteiger partial charge < -0.3 is 15.6 Å². The van der Waals surface area contributed by atoms with Crippen LogP contribution < -0.4 is 10.6 Å². The minimum atomic E-state index is -0.286. The van der Waals surface area contributed by atoms with E-state index < -0.39 is 0 Å². The number of carbonyl (C=O) groups is 1. The van der Waals surface area contributed by atoms with Crippen molar-refractivity contribution in [1.29, 1.82) is 5.41 Å². The second-order valence-electron chi connectivity index (χ2n) is 7.79. The van der Waals surface area contributed by atoms with Crippen LogP contribution >= 0.6 is 11.6 Å². The molecule has 0 aliphatic rings. The fraction of sp³-hybridized carbons (Fsp3) is 0.192. The van der Waals surface area contributed by atoms with E-state index >= 15 is 0 Å². The number of halogens is 1. The molecule has 0 radical (unpaired) electrons. The SMILES string of the molecule is N=C(CCl)NCCCC(NC(=O)c1ccc(-c2ccccc2)cc1)c1nc2ccccc2[nH]1. The van der Waals surface area contributed by atoms with E-state index in [0.717, 1.165) is 34.4 Å². The summed E-state index contributed by atoms with van der Waals surface area (Å²) in [7, 11) is 0. The van der Waals surface area contributed by atoms with Gasteiger partial charge in [-0.2, -0.15) is 0 Å². The maximum Gasteiger partial charge on any atom is 0.251 e. The average molecular weight is 460 g/mol. The zero-order valence-corrected chi connectivity index (χ0v) is 18.9. The molecule has 168 valence electrons. The normalized spacial score (nSPS) is 11.8. The molecule has 33 heavy (non-hydrogen) atoms. The van der Waals surface area contributed by atoms with Gasteiger partial charge in [0.1, 0.15) is 11.7 Å². The van der Waals surface area contributed by atoms with Gasteiger partial charge in [-0.3, -0.25) is 10.2 Å². The van der Waals surface area contributed by atoms with Crippen molar-refractivity contribution in [2.24, 2.45) is 0 Å². The highest BCUT2D eigenvalue weighted by Crippen LogP contribution is 2.22. The number of nitrogens with zero attached hydrogens (tertiary/aromatic N) is 1. The highest BCUT2D eigenvalue weighted by molar-refractivity contribution is 6.27. The zero-order chi connectivity index (χ0) is 23.0. The highest BCUT2D eigenvalue weighted by atomic mass is 35.5. The van der Waals surface area contributed by atoms with Crippen LogP contribution in [0, 0.1) is 5.41 Å². The number of fused-ring (bicyclic) bond motifs is 1. The van der Waals surface area contributed by atoms with E-state index in [2.05, 4.69) is 20.6 Å². The zero-order valence-electron chi connectivity index (χ0n) is 18.1. The molecule has 3 aromatic carbocycles. The maximum atomic E-state index is 13.1. The quantitative estimate of drug-likeness (QED) is 0.119. The summed E-state index contributed by atoms with van der Waals surface area (Å²) >= 11 is 5.66. The van der Waals surface area contributed by atoms with Crippen LogP contribution in [0.5, 0.6) is 0 Å². The topological polar surface area (TPSA) is 93.7 Å². The molecule has 4 N–H and O–H groups in total. The number of hydrogen-bond donors (Lipinski definition) is 4. The first-order chi connectivity index (χ1) is 16.1. The molecule has 0 aliphatic carbocycles. The van der Waals surface area contributed by atoms with Gasteiger partial charge in [0, 0.05) is 12.1 Å². The van der Waals surface area contributed by atoms with Gasteiger partial charge in [0.05, 0.1) is 23.0 Å². The molecule has 1 atom stereocenters. The van der Waals surface area contributed by atoms with Crippen molar-refractivity contribution in [3.8, 4) is 11.1 Å². The van der Waals surface area contributed by atoms with Gasteiger partial charge in [-0.05, 0) is 48.2 Å². The van der Waals surface area contributed by atoms with Crippen LogP contribution in [-0.2, 0) is 0 Å². The predicted octanol–water partition coefficient (Wildman–Crippen LogP) is 5.29. The van der Waals surface area contributed by atoms with Gasteiger partial charge in [-0.15, -0.1) is 11.6 Å². The Morgan fingerprint density at radius 1 is 0.970 bits per heavy atom. The van der Waals surface area contributed by atoms with Crippen molar-refractivity contribution in [2.75, 3.05) is 12.4 Å². The number of imidazole rings is 1. The van der Waals surface area contributed by atoms with Gasteiger partial charge in [-0.1, -0.05) is 54.6 Å². The number of aromatic amines is 1. The summed E-state index contributed by atoms with van der Waals surface area (Å²) < 4.78 is 0. The molecule has 0 aliphatic heterocycles. The molecule has 1 amide bonds. The number of H-pyrrole nitrogens is 1. The number of amides is 1. The Morgan fingerprint density at radius 3 is 2.39 bits per heavy atom. The number of alkyl halides is 1. The molecule has 0 spiro atoms. The molecular formula is C26H26ClN5O. The minimum Gasteiger partial charge on any atom is -0.373 e. The van der Waals surface area contributed by atoms with E-state index in [1.54, 1.807) is 0 Å². The maximum absolute atomic E-state index is 13.1. The Labute approximate surface area is 197 Å². The lowest BCUT2D eigenvalue weighted by atomic mass is 10.0. The van der Waals surface area contributed by atoms with Gasteiger partial charge in [-0.25, -0.2) is 4.98 Å². The Kier molecular flexibility index (Phi) is 7.37. The summed E-state index contributed by atoms with van der Waals surface area (Å²) in [6.45, 7) is 0.601. The first-order valence-electron chi connectivity index (χ1n) is 10.9. The molecule has 4 rings (SSSR count). The molecule has 0 saturated carbocycles. The number of hydrogen-bond acceptors (Lipinski definition) is 3. The molecule has 0 bridgehead atoms. The summed E-state index contributed by atoms with van der Waals surface area (Å²) in [6.07, 6.45) is 1.41. The minimum absolute atomic E-state index is 0.151. The summed E-state index contributed by atoms with van der Waals surface area (Å²) in [4.78, 5) is 21.1. The van der Waals surface area contributed by atoms with Crippen LogP contribution in [0.2, 0.25) is 0 Å². The molecule has 7 heteroatoms. The number of rotatable bonds is 9. The van der Waals surface area contributed by atoms with Crippen molar-refractivity contribution in [3.05, 3.63) is 90.3 Å². The van der Waals surface area contributed by atoms with Crippen molar-refractivity contribution >= 4 is 34.4 Å². The van der Waals surface area contributed by atoms with Gasteiger partial charge in [0.2, 0.25) is 0 Å². The second kappa shape index (κ2) is 10.8. The van der Waals surface area contributed by atoms with Crippen LogP contribution in [0.1, 0.15) is 35.1 Å². The van der Waals surface area contributed by atoms with E-state index in [1.807, 2.05) is 78.9 Å². The van der Waals surface area contributed by atoms with Crippen LogP contribution in [0.4, 0.5) is 0 Å². The second-order valence-corrected chi connectivity index (χ2v) is 8.06. The fourth-order valence-corrected chi connectivity index (χ4v) is 3.79. The van der Waals surface area contributed by atoms with E-state index in [4.69, 9.17) is 17.0 Å². The monoisotopic (exact) mass is 459 g/mol. The molecule has 4 aromatic rings. The largest absolute Gasteiger partial charge is 0.373 e. The van der Waals surface area contributed by atoms with Crippen molar-refractivity contribution in [2.45, 2.75) is 18.9 Å². The van der Waals surface area contributed by atoms with Crippen molar-refractivity contribution in [1.82, 2.24) is 20.6 Å². The van der Waals surface area contributed by atoms with Crippen molar-refractivity contribution in [3.63, 3.8) is 0 Å². The molecule has 1 aromatic heterocycles. The summed E-state index contributed by atoms with van der Waals surface area (Å²) in [5, 5.41) is 13.7. The van der Waals surface area contributed by atoms with Crippen molar-refractivity contribution < 1.29 is 4.79 Å². The fourth-order valence-electron chi connectivity index (χ4n) is 3.69. The lowest BCUT2D eigenvalue weighted by molar-refractivity contribution is 0.0932. The van der Waals surface area contributed by atoms with Crippen LogP contribution in [0.25, 0.3) is 22.2 Å². The van der Waals surface area contributed by atoms with Gasteiger partial charge in [0.25, 0.3) is 5.91 Å². The molecule has 0 fully saturated rings. The third kappa shape index (κ3) is 5.79. The van der Waals surface area contributed by atoms with Crippen LogP contribution in [0.3, 0.4) is 0 Å². The third-order valence-electron chi connectivity index (χ3n) is 5.44. The molecule has 0 saturated heterocycles. The number of benzene rings is 3. The summed E-state index contributed by atoms with van der Waals surface area (Å²) in [6, 6.07) is 25.2. The highest BCUT2D eigenvalue weighted by Gasteiger charge is 2.19. The third-order valence-corrected chi connectivity index (χ3v) is 5.71. The van der Waals surface area contributed by atoms with E-state index in [0.29, 0.717) is 24.4 Å². The first-order valence-corrected chi connectivity index (χ1v) is 11.5.